The lowest BCUT2D eigenvalue weighted by molar-refractivity contribution is 0.196. The molecule has 0 saturated carbocycles. The van der Waals surface area contributed by atoms with Crippen LogP contribution in [0.4, 0.5) is 5.69 Å². The van der Waals surface area contributed by atoms with Crippen molar-refractivity contribution in [1.29, 1.82) is 0 Å². The second-order valence-electron chi connectivity index (χ2n) is 7.95. The number of thioether (sulfide) groups is 1. The van der Waals surface area contributed by atoms with Crippen LogP contribution in [0.2, 0.25) is 5.02 Å². The number of unbranched alkanes of at least 4 members (excludes halogenated alkanes) is 1. The molecule has 0 radical (unpaired) electrons. The van der Waals surface area contributed by atoms with E-state index in [2.05, 4.69) is 43.4 Å². The van der Waals surface area contributed by atoms with Crippen molar-refractivity contribution < 1.29 is 9.15 Å². The van der Waals surface area contributed by atoms with E-state index < -0.39 is 6.23 Å². The van der Waals surface area contributed by atoms with E-state index >= 15 is 0 Å². The van der Waals surface area contributed by atoms with Crippen LogP contribution in [0, 0.1) is 6.92 Å². The Morgan fingerprint density at radius 2 is 2.00 bits per heavy atom. The Kier molecular flexibility index (Phi) is 6.81. The van der Waals surface area contributed by atoms with Gasteiger partial charge in [-0.1, -0.05) is 64.8 Å². The van der Waals surface area contributed by atoms with Gasteiger partial charge in [0.05, 0.1) is 0 Å². The fourth-order valence-electron chi connectivity index (χ4n) is 3.56. The lowest BCUT2D eigenvalue weighted by Gasteiger charge is -2.17. The lowest BCUT2D eigenvalue weighted by Crippen LogP contribution is -2.16. The van der Waals surface area contributed by atoms with Crippen LogP contribution in [0.15, 0.2) is 62.6 Å². The minimum atomic E-state index is -0.596. The van der Waals surface area contributed by atoms with E-state index in [1.807, 2.05) is 55.5 Å². The SMILES string of the molecule is CCCCSc1nnc2c(n1)O[C@@H](c1ccc(-c3ccc(C)c(Cl)c3)o1)Nc1ccc(Br)cc1-2. The number of benzene rings is 2. The van der Waals surface area contributed by atoms with Gasteiger partial charge in [0.1, 0.15) is 5.76 Å². The van der Waals surface area contributed by atoms with Crippen LogP contribution in [-0.2, 0) is 0 Å². The standard InChI is InChI=1S/C25H22BrClN4O2S/c1-3-4-11-34-25-29-24-22(30-31-25)17-13-16(26)7-8-19(17)28-23(33-24)21-10-9-20(32-21)15-6-5-14(2)18(27)12-15/h5-10,12-13,23,28H,3-4,11H2,1-2H3/t23-/m0/s1. The first-order chi connectivity index (χ1) is 16.5. The van der Waals surface area contributed by atoms with E-state index in [1.54, 1.807) is 11.8 Å². The molecule has 1 N–H and O–H groups in total. The highest BCUT2D eigenvalue weighted by Crippen LogP contribution is 2.41. The molecular weight excluding hydrogens is 536 g/mol. The highest BCUT2D eigenvalue weighted by molar-refractivity contribution is 9.10. The molecule has 9 heteroatoms. The van der Waals surface area contributed by atoms with Crippen LogP contribution in [-0.4, -0.2) is 20.9 Å². The van der Waals surface area contributed by atoms with Crippen molar-refractivity contribution in [3.63, 3.8) is 0 Å². The number of hydrogen-bond donors (Lipinski definition) is 1. The molecule has 0 saturated heterocycles. The summed E-state index contributed by atoms with van der Waals surface area (Å²) in [5.74, 6) is 2.67. The van der Waals surface area contributed by atoms with Crippen LogP contribution in [0.5, 0.6) is 5.88 Å². The summed E-state index contributed by atoms with van der Waals surface area (Å²) in [6, 6.07) is 15.6. The van der Waals surface area contributed by atoms with Gasteiger partial charge in [-0.3, -0.25) is 0 Å². The second-order valence-corrected chi connectivity index (χ2v) is 10.3. The Hall–Kier alpha value is -2.55. The summed E-state index contributed by atoms with van der Waals surface area (Å²) in [6.07, 6.45) is 1.60. The summed E-state index contributed by atoms with van der Waals surface area (Å²) in [7, 11) is 0. The van der Waals surface area contributed by atoms with E-state index in [0.29, 0.717) is 33.3 Å². The highest BCUT2D eigenvalue weighted by Gasteiger charge is 2.28. The number of fused-ring (bicyclic) bond motifs is 3. The molecule has 2 aromatic heterocycles. The molecule has 0 amide bonds. The predicted octanol–water partition coefficient (Wildman–Crippen LogP) is 7.92. The first kappa shape index (κ1) is 23.2. The average molecular weight is 558 g/mol. The normalized spacial score (nSPS) is 14.5. The summed E-state index contributed by atoms with van der Waals surface area (Å²) in [5, 5.41) is 13.5. The Bertz CT molecular complexity index is 1350. The van der Waals surface area contributed by atoms with Crippen molar-refractivity contribution >= 4 is 45.0 Å². The molecule has 1 aliphatic rings. The number of nitrogens with one attached hydrogen (secondary N) is 1. The molecule has 0 spiro atoms. The molecule has 6 nitrogen and oxygen atoms in total. The summed E-state index contributed by atoms with van der Waals surface area (Å²) < 4.78 is 13.5. The molecule has 0 bridgehead atoms. The Morgan fingerprint density at radius 3 is 2.82 bits per heavy atom. The van der Waals surface area contributed by atoms with E-state index in [9.17, 15) is 0 Å². The number of nitrogens with zero attached hydrogens (tertiary/aromatic N) is 3. The smallest absolute Gasteiger partial charge is 0.247 e. The zero-order valence-corrected chi connectivity index (χ0v) is 21.8. The lowest BCUT2D eigenvalue weighted by atomic mass is 10.1. The van der Waals surface area contributed by atoms with Gasteiger partial charge in [-0.25, -0.2) is 0 Å². The van der Waals surface area contributed by atoms with Gasteiger partial charge in [-0.2, -0.15) is 4.98 Å². The van der Waals surface area contributed by atoms with E-state index in [4.69, 9.17) is 20.8 Å². The molecule has 0 unspecified atom stereocenters. The van der Waals surface area contributed by atoms with Gasteiger partial charge in [0.15, 0.2) is 11.5 Å². The number of hydrogen-bond acceptors (Lipinski definition) is 7. The molecule has 5 rings (SSSR count). The van der Waals surface area contributed by atoms with Crippen LogP contribution < -0.4 is 10.1 Å². The van der Waals surface area contributed by atoms with Gasteiger partial charge in [0, 0.05) is 32.1 Å². The summed E-state index contributed by atoms with van der Waals surface area (Å²) in [4.78, 5) is 4.69. The Balaban J connectivity index is 1.51. The second kappa shape index (κ2) is 9.98. The minimum Gasteiger partial charge on any atom is -0.455 e. The van der Waals surface area contributed by atoms with Gasteiger partial charge < -0.3 is 14.5 Å². The third-order valence-corrected chi connectivity index (χ3v) is 7.28. The zero-order chi connectivity index (χ0) is 23.7. The number of furan rings is 1. The largest absolute Gasteiger partial charge is 0.455 e. The summed E-state index contributed by atoms with van der Waals surface area (Å²) in [5.41, 5.74) is 4.21. The summed E-state index contributed by atoms with van der Waals surface area (Å²) >= 11 is 11.5. The zero-order valence-electron chi connectivity index (χ0n) is 18.6. The van der Waals surface area contributed by atoms with Gasteiger partial charge in [0.25, 0.3) is 0 Å². The highest BCUT2D eigenvalue weighted by atomic mass is 79.9. The van der Waals surface area contributed by atoms with Crippen molar-refractivity contribution in [2.75, 3.05) is 11.1 Å². The van der Waals surface area contributed by atoms with Crippen LogP contribution in [0.3, 0.4) is 0 Å². The maximum Gasteiger partial charge on any atom is 0.247 e. The number of anilines is 1. The average Bonchev–Trinajstić information content (AvgIpc) is 3.26. The molecule has 0 aliphatic carbocycles. The van der Waals surface area contributed by atoms with Gasteiger partial charge in [-0.15, -0.1) is 10.2 Å². The quantitative estimate of drug-likeness (QED) is 0.191. The van der Waals surface area contributed by atoms with E-state index in [1.165, 1.54) is 0 Å². The maximum atomic E-state index is 6.33. The number of rotatable bonds is 6. The third kappa shape index (κ3) is 4.80. The first-order valence-corrected chi connectivity index (χ1v) is 13.1. The predicted molar refractivity (Wildman–Crippen MR) is 139 cm³/mol. The molecule has 1 atom stereocenters. The molecule has 34 heavy (non-hydrogen) atoms. The molecule has 1 aliphatic heterocycles. The molecule has 2 aromatic carbocycles. The molecule has 4 aromatic rings. The van der Waals surface area contributed by atoms with Gasteiger partial charge >= 0.3 is 0 Å². The molecular formula is C25H22BrClN4O2S. The van der Waals surface area contributed by atoms with Crippen LogP contribution in [0.1, 0.15) is 37.3 Å². The molecule has 0 fully saturated rings. The molecule has 3 heterocycles. The van der Waals surface area contributed by atoms with Gasteiger partial charge in [-0.05, 0) is 55.3 Å². The molecule has 174 valence electrons. The van der Waals surface area contributed by atoms with Crippen molar-refractivity contribution in [2.24, 2.45) is 0 Å². The van der Waals surface area contributed by atoms with Crippen LogP contribution in [0.25, 0.3) is 22.6 Å². The fourth-order valence-corrected chi connectivity index (χ4v) is 4.97. The third-order valence-electron chi connectivity index (χ3n) is 5.46. The first-order valence-electron chi connectivity index (χ1n) is 11.0. The monoisotopic (exact) mass is 556 g/mol. The van der Waals surface area contributed by atoms with Gasteiger partial charge in [0.2, 0.25) is 17.3 Å². The van der Waals surface area contributed by atoms with E-state index in [0.717, 1.165) is 45.4 Å². The van der Waals surface area contributed by atoms with Crippen molar-refractivity contribution in [3.05, 3.63) is 69.3 Å². The number of ether oxygens (including phenoxy) is 1. The van der Waals surface area contributed by atoms with E-state index in [-0.39, 0.29) is 0 Å². The fraction of sp³-hybridized carbons (Fsp3) is 0.240. The Morgan fingerprint density at radius 1 is 1.12 bits per heavy atom. The van der Waals surface area contributed by atoms with Crippen molar-refractivity contribution in [3.8, 4) is 28.5 Å². The number of aryl methyl sites for hydroxylation is 1. The van der Waals surface area contributed by atoms with Crippen molar-refractivity contribution in [2.45, 2.75) is 38.1 Å². The maximum absolute atomic E-state index is 6.33. The number of aromatic nitrogens is 3. The topological polar surface area (TPSA) is 73.1 Å². The minimum absolute atomic E-state index is 0.416. The van der Waals surface area contributed by atoms with Crippen LogP contribution >= 0.6 is 39.3 Å². The van der Waals surface area contributed by atoms with Crippen molar-refractivity contribution in [1.82, 2.24) is 15.2 Å². The number of halogens is 2. The summed E-state index contributed by atoms with van der Waals surface area (Å²) in [6.45, 7) is 4.13. The Labute approximate surface area is 215 Å².